The van der Waals surface area contributed by atoms with Crippen molar-refractivity contribution in [2.75, 3.05) is 4.90 Å². The number of anilines is 3. The summed E-state index contributed by atoms with van der Waals surface area (Å²) in [6.45, 7) is 0. The van der Waals surface area contributed by atoms with Crippen molar-refractivity contribution >= 4 is 103 Å². The first kappa shape index (κ1) is 28.4. The summed E-state index contributed by atoms with van der Waals surface area (Å²) in [6.07, 6.45) is 0. The van der Waals surface area contributed by atoms with Crippen molar-refractivity contribution in [2.24, 2.45) is 0 Å². The van der Waals surface area contributed by atoms with E-state index < -0.39 is 0 Å². The number of thiophene rings is 1. The molecular weight excluding hydrogens is 637 g/mol. The van der Waals surface area contributed by atoms with Gasteiger partial charge in [0.05, 0.1) is 16.7 Å². The third-order valence-corrected chi connectivity index (χ3v) is 11.7. The summed E-state index contributed by atoms with van der Waals surface area (Å²) in [4.78, 5) is 2.46. The summed E-state index contributed by atoms with van der Waals surface area (Å²) in [5.41, 5.74) is 6.96. The number of aromatic nitrogens is 1. The predicted octanol–water partition coefficient (Wildman–Crippen LogP) is 14.1. The van der Waals surface area contributed by atoms with Crippen LogP contribution in [0.25, 0.3) is 80.0 Å². The summed E-state index contributed by atoms with van der Waals surface area (Å²) in [5.74, 6) is 0. The first-order valence-electron chi connectivity index (χ1n) is 17.4. The van der Waals surface area contributed by atoms with Gasteiger partial charge in [0.15, 0.2) is 0 Å². The molecule has 9 aromatic carbocycles. The van der Waals surface area contributed by atoms with Gasteiger partial charge >= 0.3 is 0 Å². The van der Waals surface area contributed by atoms with E-state index in [9.17, 15) is 0 Å². The van der Waals surface area contributed by atoms with E-state index in [0.29, 0.717) is 0 Å². The van der Waals surface area contributed by atoms with E-state index in [-0.39, 0.29) is 0 Å². The van der Waals surface area contributed by atoms with Crippen molar-refractivity contribution in [3.05, 3.63) is 182 Å². The van der Waals surface area contributed by atoms with E-state index in [1.807, 2.05) is 11.3 Å². The number of nitrogens with zero attached hydrogens (tertiary/aromatic N) is 2. The van der Waals surface area contributed by atoms with Crippen molar-refractivity contribution in [1.29, 1.82) is 0 Å². The molecule has 0 amide bonds. The quantitative estimate of drug-likeness (QED) is 0.170. The first-order chi connectivity index (χ1) is 25.3. The molecule has 0 spiro atoms. The average Bonchev–Trinajstić information content (AvgIpc) is 3.73. The smallest absolute Gasteiger partial charge is 0.0561 e. The number of hydrogen-bond donors (Lipinski definition) is 0. The predicted molar refractivity (Wildman–Crippen MR) is 221 cm³/mol. The molecule has 0 fully saturated rings. The minimum atomic E-state index is 1.12. The maximum atomic E-state index is 2.46. The van der Waals surface area contributed by atoms with Crippen LogP contribution in [0.4, 0.5) is 17.1 Å². The molecule has 238 valence electrons. The molecule has 0 aliphatic rings. The molecule has 0 saturated heterocycles. The molecule has 2 nitrogen and oxygen atoms in total. The van der Waals surface area contributed by atoms with Crippen LogP contribution in [-0.4, -0.2) is 4.57 Å². The highest BCUT2D eigenvalue weighted by atomic mass is 32.1. The fourth-order valence-corrected chi connectivity index (χ4v) is 9.41. The van der Waals surface area contributed by atoms with Gasteiger partial charge < -0.3 is 9.47 Å². The van der Waals surface area contributed by atoms with Crippen molar-refractivity contribution < 1.29 is 0 Å². The number of para-hydroxylation sites is 2. The molecule has 0 N–H and O–H groups in total. The highest BCUT2D eigenvalue weighted by molar-refractivity contribution is 7.25. The van der Waals surface area contributed by atoms with Crippen LogP contribution < -0.4 is 4.90 Å². The first-order valence-corrected chi connectivity index (χ1v) is 18.3. The molecule has 0 aliphatic carbocycles. The van der Waals surface area contributed by atoms with Crippen LogP contribution in [0.15, 0.2) is 182 Å². The summed E-state index contributed by atoms with van der Waals surface area (Å²) in [7, 11) is 0. The van der Waals surface area contributed by atoms with Gasteiger partial charge in [0, 0.05) is 53.4 Å². The van der Waals surface area contributed by atoms with Crippen molar-refractivity contribution in [1.82, 2.24) is 4.57 Å². The molecule has 11 aromatic rings. The van der Waals surface area contributed by atoms with E-state index in [0.717, 1.165) is 22.7 Å². The second-order valence-electron chi connectivity index (χ2n) is 13.3. The van der Waals surface area contributed by atoms with E-state index >= 15 is 0 Å². The molecule has 11 rings (SSSR count). The lowest BCUT2D eigenvalue weighted by Crippen LogP contribution is -2.10. The second kappa shape index (κ2) is 11.0. The minimum absolute atomic E-state index is 1.12. The molecule has 3 heteroatoms. The Hall–Kier alpha value is -6.42. The Morgan fingerprint density at radius 3 is 1.84 bits per heavy atom. The summed E-state index contributed by atoms with van der Waals surface area (Å²) in [6, 6.07) is 66.8. The minimum Gasteiger partial charge on any atom is -0.310 e. The molecule has 0 atom stereocenters. The van der Waals surface area contributed by atoms with Crippen molar-refractivity contribution in [3.63, 3.8) is 0 Å². The average molecular weight is 667 g/mol. The molecule has 2 aromatic heterocycles. The van der Waals surface area contributed by atoms with E-state index in [1.54, 1.807) is 0 Å². The van der Waals surface area contributed by atoms with Gasteiger partial charge in [0.1, 0.15) is 0 Å². The van der Waals surface area contributed by atoms with Gasteiger partial charge in [-0.15, -0.1) is 11.3 Å². The van der Waals surface area contributed by atoms with Gasteiger partial charge in [0.2, 0.25) is 0 Å². The highest BCUT2D eigenvalue weighted by Crippen LogP contribution is 2.45. The Morgan fingerprint density at radius 2 is 0.941 bits per heavy atom. The van der Waals surface area contributed by atoms with Gasteiger partial charge in [-0.3, -0.25) is 0 Å². The van der Waals surface area contributed by atoms with Crippen LogP contribution in [-0.2, 0) is 0 Å². The van der Waals surface area contributed by atoms with E-state index in [2.05, 4.69) is 191 Å². The van der Waals surface area contributed by atoms with E-state index in [4.69, 9.17) is 0 Å². The van der Waals surface area contributed by atoms with Gasteiger partial charge in [-0.25, -0.2) is 0 Å². The van der Waals surface area contributed by atoms with Crippen LogP contribution in [0.1, 0.15) is 0 Å². The number of benzene rings is 9. The summed E-state index contributed by atoms with van der Waals surface area (Å²) < 4.78 is 5.01. The summed E-state index contributed by atoms with van der Waals surface area (Å²) in [5, 5.41) is 12.7. The highest BCUT2D eigenvalue weighted by Gasteiger charge is 2.20. The Morgan fingerprint density at radius 1 is 0.353 bits per heavy atom. The topological polar surface area (TPSA) is 8.17 Å². The molecule has 0 aliphatic heterocycles. The Balaban J connectivity index is 1.21. The molecule has 0 bridgehead atoms. The Labute approximate surface area is 298 Å². The fourth-order valence-electron chi connectivity index (χ4n) is 8.27. The zero-order valence-electron chi connectivity index (χ0n) is 27.6. The van der Waals surface area contributed by atoms with E-state index in [1.165, 1.54) is 74.3 Å². The maximum Gasteiger partial charge on any atom is 0.0561 e. The largest absolute Gasteiger partial charge is 0.310 e. The molecular formula is C48H30N2S. The molecule has 0 saturated carbocycles. The number of rotatable bonds is 4. The SMILES string of the molecule is c1ccc(-n2c3ccccc3c3ccc(N(c4ccc5c(c4)sc4ccccc45)c4cccc5c4ccc4c6ccccc6ccc54)cc32)cc1. The van der Waals surface area contributed by atoms with Crippen LogP contribution >= 0.6 is 11.3 Å². The molecule has 51 heavy (non-hydrogen) atoms. The van der Waals surface area contributed by atoms with Gasteiger partial charge in [0.25, 0.3) is 0 Å². The standard InChI is InChI=1S/C48H30N2S/c1-2-12-32(13-3-1)50-45-18-8-6-15-39(45)41-25-22-33(29-46(41)50)49(34-23-26-43-42-16-7-9-20-47(42)51-48(43)30-34)44-19-10-17-36-38-24-21-31-11-4-5-14-35(31)37(38)27-28-40(36)44/h1-30H. The van der Waals surface area contributed by atoms with Crippen LogP contribution in [0.2, 0.25) is 0 Å². The number of hydrogen-bond acceptors (Lipinski definition) is 2. The van der Waals surface area contributed by atoms with Crippen molar-refractivity contribution in [3.8, 4) is 5.69 Å². The zero-order valence-corrected chi connectivity index (χ0v) is 28.4. The second-order valence-corrected chi connectivity index (χ2v) is 14.4. The normalized spacial score (nSPS) is 11.9. The molecule has 0 radical (unpaired) electrons. The van der Waals surface area contributed by atoms with Crippen LogP contribution in [0.5, 0.6) is 0 Å². The third kappa shape index (κ3) is 4.29. The molecule has 0 unspecified atom stereocenters. The Kier molecular flexibility index (Phi) is 6.16. The Bertz CT molecular complexity index is 3150. The van der Waals surface area contributed by atoms with Crippen LogP contribution in [0, 0.1) is 0 Å². The lowest BCUT2D eigenvalue weighted by molar-refractivity contribution is 1.18. The lowest BCUT2D eigenvalue weighted by Gasteiger charge is -2.27. The zero-order chi connectivity index (χ0) is 33.5. The third-order valence-electron chi connectivity index (χ3n) is 10.6. The summed E-state index contributed by atoms with van der Waals surface area (Å²) >= 11 is 1.86. The fraction of sp³-hybridized carbons (Fsp3) is 0. The monoisotopic (exact) mass is 666 g/mol. The number of fused-ring (bicyclic) bond motifs is 11. The maximum absolute atomic E-state index is 2.46. The van der Waals surface area contributed by atoms with Gasteiger partial charge in [-0.05, 0) is 81.5 Å². The lowest BCUT2D eigenvalue weighted by atomic mass is 9.96. The van der Waals surface area contributed by atoms with Gasteiger partial charge in [-0.2, -0.15) is 0 Å². The molecule has 2 heterocycles. The van der Waals surface area contributed by atoms with Crippen molar-refractivity contribution in [2.45, 2.75) is 0 Å². The van der Waals surface area contributed by atoms with Gasteiger partial charge in [-0.1, -0.05) is 127 Å². The van der Waals surface area contributed by atoms with Crippen LogP contribution in [0.3, 0.4) is 0 Å².